The van der Waals surface area contributed by atoms with E-state index < -0.39 is 0 Å². The van der Waals surface area contributed by atoms with Gasteiger partial charge < -0.3 is 19.9 Å². The molecular weight excluding hydrogens is 342 g/mol. The molecule has 2 saturated heterocycles. The number of ether oxygens (including phenoxy) is 1. The van der Waals surface area contributed by atoms with E-state index in [1.807, 2.05) is 11.9 Å². The van der Waals surface area contributed by atoms with Gasteiger partial charge in [0.2, 0.25) is 5.91 Å². The van der Waals surface area contributed by atoms with Crippen LogP contribution in [0.2, 0.25) is 0 Å². The van der Waals surface area contributed by atoms with Gasteiger partial charge in [-0.05, 0) is 37.0 Å². The highest BCUT2D eigenvalue weighted by Crippen LogP contribution is 2.56. The Bertz CT molecular complexity index is 545. The van der Waals surface area contributed by atoms with Crippen molar-refractivity contribution in [3.63, 3.8) is 0 Å². The number of guanidine groups is 1. The summed E-state index contributed by atoms with van der Waals surface area (Å²) in [4.78, 5) is 23.5. The van der Waals surface area contributed by atoms with Crippen molar-refractivity contribution in [2.24, 2.45) is 16.3 Å². The highest BCUT2D eigenvalue weighted by molar-refractivity contribution is 5.80. The SMILES string of the molecule is CN=C(NCC1(C2CC2)CCC1)N1CCN(CC(=O)N2CCOCC2)CC1. The smallest absolute Gasteiger partial charge is 0.236 e. The molecule has 0 aromatic carbocycles. The van der Waals surface area contributed by atoms with Crippen molar-refractivity contribution in [1.82, 2.24) is 20.0 Å². The summed E-state index contributed by atoms with van der Waals surface area (Å²) in [6.07, 6.45) is 7.02. The number of hydrogen-bond acceptors (Lipinski definition) is 4. The molecule has 2 aliphatic carbocycles. The molecule has 2 heterocycles. The first-order chi connectivity index (χ1) is 13.2. The average molecular weight is 378 g/mol. The normalized spacial score (nSPS) is 26.6. The van der Waals surface area contributed by atoms with E-state index >= 15 is 0 Å². The molecule has 2 saturated carbocycles. The van der Waals surface area contributed by atoms with E-state index in [1.165, 1.54) is 32.1 Å². The van der Waals surface area contributed by atoms with Gasteiger partial charge in [0.25, 0.3) is 0 Å². The number of carbonyl (C=O) groups is 1. The summed E-state index contributed by atoms with van der Waals surface area (Å²) < 4.78 is 5.34. The second kappa shape index (κ2) is 8.35. The Morgan fingerprint density at radius 1 is 1.07 bits per heavy atom. The summed E-state index contributed by atoms with van der Waals surface area (Å²) in [6, 6.07) is 0. The second-order valence-electron chi connectivity index (χ2n) is 8.65. The maximum Gasteiger partial charge on any atom is 0.236 e. The largest absolute Gasteiger partial charge is 0.378 e. The Balaban J connectivity index is 1.21. The van der Waals surface area contributed by atoms with E-state index in [0.717, 1.165) is 57.7 Å². The number of hydrogen-bond donors (Lipinski definition) is 1. The maximum atomic E-state index is 12.4. The van der Waals surface area contributed by atoms with E-state index in [4.69, 9.17) is 4.74 Å². The lowest BCUT2D eigenvalue weighted by Crippen LogP contribution is -2.56. The van der Waals surface area contributed by atoms with Crippen LogP contribution in [0.4, 0.5) is 0 Å². The van der Waals surface area contributed by atoms with E-state index in [-0.39, 0.29) is 5.91 Å². The first-order valence-corrected chi connectivity index (χ1v) is 10.7. The number of morpholine rings is 1. The highest BCUT2D eigenvalue weighted by atomic mass is 16.5. The van der Waals surface area contributed by atoms with Crippen LogP contribution in [0.25, 0.3) is 0 Å². The van der Waals surface area contributed by atoms with E-state index in [1.54, 1.807) is 0 Å². The standard InChI is InChI=1S/C20H35N5O2/c1-21-19(22-16-20(5-2-6-20)17-3-4-17)25-9-7-23(8-10-25)15-18(26)24-11-13-27-14-12-24/h17H,2-16H2,1H3,(H,21,22). The monoisotopic (exact) mass is 377 g/mol. The topological polar surface area (TPSA) is 60.4 Å². The molecule has 152 valence electrons. The lowest BCUT2D eigenvalue weighted by Gasteiger charge is -2.44. The summed E-state index contributed by atoms with van der Waals surface area (Å²) in [5.74, 6) is 2.24. The lowest BCUT2D eigenvalue weighted by atomic mass is 9.65. The Labute approximate surface area is 163 Å². The molecule has 1 N–H and O–H groups in total. The van der Waals surface area contributed by atoms with Crippen LogP contribution >= 0.6 is 0 Å². The van der Waals surface area contributed by atoms with Gasteiger partial charge in [-0.25, -0.2) is 0 Å². The minimum absolute atomic E-state index is 0.241. The van der Waals surface area contributed by atoms with Crippen molar-refractivity contribution in [3.8, 4) is 0 Å². The van der Waals surface area contributed by atoms with E-state index in [0.29, 0.717) is 25.2 Å². The quantitative estimate of drug-likeness (QED) is 0.562. The van der Waals surface area contributed by atoms with Crippen LogP contribution in [-0.2, 0) is 9.53 Å². The van der Waals surface area contributed by atoms with Crippen LogP contribution in [0.3, 0.4) is 0 Å². The van der Waals surface area contributed by atoms with Gasteiger partial charge in [-0.15, -0.1) is 0 Å². The van der Waals surface area contributed by atoms with Crippen molar-refractivity contribution < 1.29 is 9.53 Å². The third-order valence-electron chi connectivity index (χ3n) is 7.00. The fourth-order valence-electron chi connectivity index (χ4n) is 4.87. The minimum Gasteiger partial charge on any atom is -0.378 e. The molecule has 1 amide bonds. The number of rotatable bonds is 5. The zero-order chi connectivity index (χ0) is 18.7. The minimum atomic E-state index is 0.241. The Hall–Kier alpha value is -1.34. The third kappa shape index (κ3) is 4.40. The molecule has 0 bridgehead atoms. The van der Waals surface area contributed by atoms with Crippen LogP contribution < -0.4 is 5.32 Å². The van der Waals surface area contributed by atoms with Crippen molar-refractivity contribution in [1.29, 1.82) is 0 Å². The third-order valence-corrected chi connectivity index (χ3v) is 7.00. The second-order valence-corrected chi connectivity index (χ2v) is 8.65. The van der Waals surface area contributed by atoms with E-state index in [9.17, 15) is 4.79 Å². The van der Waals surface area contributed by atoms with Gasteiger partial charge >= 0.3 is 0 Å². The maximum absolute atomic E-state index is 12.4. The van der Waals surface area contributed by atoms with Crippen molar-refractivity contribution in [2.45, 2.75) is 32.1 Å². The Kier molecular flexibility index (Phi) is 5.88. The summed E-state index contributed by atoms with van der Waals surface area (Å²) >= 11 is 0. The van der Waals surface area contributed by atoms with Crippen LogP contribution in [-0.4, -0.2) is 99.2 Å². The fraction of sp³-hybridized carbons (Fsp3) is 0.900. The summed E-state index contributed by atoms with van der Waals surface area (Å²) in [6.45, 7) is 8.14. The first-order valence-electron chi connectivity index (χ1n) is 10.7. The molecule has 27 heavy (non-hydrogen) atoms. The number of aliphatic imine (C=N–C) groups is 1. The van der Waals surface area contributed by atoms with Gasteiger partial charge in [0.05, 0.1) is 19.8 Å². The molecular formula is C20H35N5O2. The zero-order valence-electron chi connectivity index (χ0n) is 16.8. The van der Waals surface area contributed by atoms with Gasteiger partial charge in [-0.3, -0.25) is 14.7 Å². The predicted molar refractivity (Wildman–Crippen MR) is 106 cm³/mol. The number of nitrogens with zero attached hydrogens (tertiary/aromatic N) is 4. The molecule has 0 aromatic heterocycles. The van der Waals surface area contributed by atoms with Gasteiger partial charge in [-0.2, -0.15) is 0 Å². The van der Waals surface area contributed by atoms with Crippen molar-refractivity contribution >= 4 is 11.9 Å². The molecule has 0 aromatic rings. The molecule has 7 heteroatoms. The zero-order valence-corrected chi connectivity index (χ0v) is 16.8. The molecule has 0 radical (unpaired) electrons. The van der Waals surface area contributed by atoms with Crippen LogP contribution in [0.5, 0.6) is 0 Å². The number of piperazine rings is 1. The predicted octanol–water partition coefficient (Wildman–Crippen LogP) is 0.619. The molecule has 7 nitrogen and oxygen atoms in total. The first kappa shape index (κ1) is 19.0. The fourth-order valence-corrected chi connectivity index (χ4v) is 4.87. The Morgan fingerprint density at radius 2 is 1.78 bits per heavy atom. The lowest BCUT2D eigenvalue weighted by molar-refractivity contribution is -0.136. The Morgan fingerprint density at radius 3 is 2.33 bits per heavy atom. The highest BCUT2D eigenvalue weighted by Gasteiger charge is 2.48. The van der Waals surface area contributed by atoms with Gasteiger partial charge in [0.15, 0.2) is 5.96 Å². The number of carbonyl (C=O) groups excluding carboxylic acids is 1. The molecule has 0 atom stereocenters. The van der Waals surface area contributed by atoms with Gasteiger partial charge in [-0.1, -0.05) is 6.42 Å². The van der Waals surface area contributed by atoms with Crippen molar-refractivity contribution in [2.75, 3.05) is 72.6 Å². The molecule has 0 unspecified atom stereocenters. The summed E-state index contributed by atoms with van der Waals surface area (Å²) in [7, 11) is 1.89. The van der Waals surface area contributed by atoms with E-state index in [2.05, 4.69) is 20.1 Å². The number of amides is 1. The summed E-state index contributed by atoms with van der Waals surface area (Å²) in [5.41, 5.74) is 0.558. The molecule has 4 fully saturated rings. The van der Waals surface area contributed by atoms with Crippen molar-refractivity contribution in [3.05, 3.63) is 0 Å². The summed E-state index contributed by atoms with van der Waals surface area (Å²) in [5, 5.41) is 3.68. The van der Waals surface area contributed by atoms with Crippen LogP contribution in [0.15, 0.2) is 4.99 Å². The molecule has 2 aliphatic heterocycles. The van der Waals surface area contributed by atoms with Gasteiger partial charge in [0, 0.05) is 52.9 Å². The van der Waals surface area contributed by atoms with Gasteiger partial charge in [0.1, 0.15) is 0 Å². The average Bonchev–Trinajstić information content (AvgIpc) is 3.51. The van der Waals surface area contributed by atoms with Crippen LogP contribution in [0.1, 0.15) is 32.1 Å². The molecule has 4 aliphatic rings. The van der Waals surface area contributed by atoms with Crippen LogP contribution in [0, 0.1) is 11.3 Å². The number of nitrogens with one attached hydrogen (secondary N) is 1. The molecule has 4 rings (SSSR count). The molecule has 0 spiro atoms.